The molecule has 1 aliphatic rings. The maximum Gasteiger partial charge on any atom is 0.203 e. The lowest BCUT2D eigenvalue weighted by Crippen LogP contribution is -2.42. The molecule has 0 heterocycles. The number of rotatable bonds is 8. The van der Waals surface area contributed by atoms with E-state index in [2.05, 4.69) is 23.8 Å². The van der Waals surface area contributed by atoms with Gasteiger partial charge in [0.2, 0.25) is 5.75 Å². The molecule has 6 nitrogen and oxygen atoms in total. The van der Waals surface area contributed by atoms with E-state index in [4.69, 9.17) is 19.2 Å². The zero-order chi connectivity index (χ0) is 18.9. The topological polar surface area (TPSA) is 64.1 Å². The Hall–Kier alpha value is -1.76. The van der Waals surface area contributed by atoms with Crippen LogP contribution < -0.4 is 24.8 Å². The number of benzene rings is 1. The predicted octanol–water partition coefficient (Wildman–Crippen LogP) is 3.05. The molecule has 0 aromatic heterocycles. The molecule has 2 N–H and O–H groups in total. The van der Waals surface area contributed by atoms with Crippen LogP contribution in [0.5, 0.6) is 17.2 Å². The molecule has 1 saturated carbocycles. The summed E-state index contributed by atoms with van der Waals surface area (Å²) in [6, 6.07) is 4.37. The number of nitrogens with one attached hydrogen (secondary N) is 2. The van der Waals surface area contributed by atoms with E-state index in [1.807, 2.05) is 23.9 Å². The average molecular weight is 382 g/mol. The van der Waals surface area contributed by atoms with Crippen molar-refractivity contribution in [3.05, 3.63) is 17.7 Å². The lowest BCUT2D eigenvalue weighted by Gasteiger charge is -2.17. The van der Waals surface area contributed by atoms with Crippen LogP contribution in [-0.4, -0.2) is 51.4 Å². The van der Waals surface area contributed by atoms with Gasteiger partial charge >= 0.3 is 0 Å². The van der Waals surface area contributed by atoms with E-state index in [-0.39, 0.29) is 0 Å². The Morgan fingerprint density at radius 2 is 1.85 bits per heavy atom. The highest BCUT2D eigenvalue weighted by Gasteiger charge is 2.24. The first-order valence-electron chi connectivity index (χ1n) is 9.01. The average Bonchev–Trinajstić information content (AvgIpc) is 3.12. The van der Waals surface area contributed by atoms with Crippen LogP contribution in [0.15, 0.2) is 17.1 Å². The fourth-order valence-corrected chi connectivity index (χ4v) is 3.99. The molecule has 0 amide bonds. The normalized spacial score (nSPS) is 20.0. The van der Waals surface area contributed by atoms with E-state index in [1.54, 1.807) is 21.3 Å². The summed E-state index contributed by atoms with van der Waals surface area (Å²) in [5.41, 5.74) is 1.00. The number of nitrogens with zero attached hydrogens (tertiary/aromatic N) is 1. The monoisotopic (exact) mass is 381 g/mol. The van der Waals surface area contributed by atoms with Gasteiger partial charge in [0, 0.05) is 17.8 Å². The van der Waals surface area contributed by atoms with Crippen LogP contribution in [0.3, 0.4) is 0 Å². The zero-order valence-corrected chi connectivity index (χ0v) is 17.2. The first-order valence-corrected chi connectivity index (χ1v) is 10.3. The molecule has 26 heavy (non-hydrogen) atoms. The summed E-state index contributed by atoms with van der Waals surface area (Å²) in [6.45, 7) is 3.44. The SMILES string of the molecule is CCNC(=NCc1cc(OC)c(OC)c(OC)c1)NC1CCC(SC)C1. The Morgan fingerprint density at radius 1 is 1.15 bits per heavy atom. The molecule has 1 aromatic carbocycles. The highest BCUT2D eigenvalue weighted by Crippen LogP contribution is 2.38. The van der Waals surface area contributed by atoms with Gasteiger partial charge in [0.15, 0.2) is 17.5 Å². The molecule has 2 unspecified atom stereocenters. The maximum atomic E-state index is 5.42. The molecule has 1 fully saturated rings. The zero-order valence-electron chi connectivity index (χ0n) is 16.4. The van der Waals surface area contributed by atoms with Gasteiger partial charge < -0.3 is 24.8 Å². The Morgan fingerprint density at radius 3 is 2.35 bits per heavy atom. The van der Waals surface area contributed by atoms with Crippen molar-refractivity contribution in [2.45, 2.75) is 44.0 Å². The van der Waals surface area contributed by atoms with Crippen LogP contribution in [0.25, 0.3) is 0 Å². The van der Waals surface area contributed by atoms with Crippen LogP contribution in [-0.2, 0) is 6.54 Å². The van der Waals surface area contributed by atoms with Gasteiger partial charge in [-0.3, -0.25) is 0 Å². The highest BCUT2D eigenvalue weighted by atomic mass is 32.2. The van der Waals surface area contributed by atoms with Crippen molar-refractivity contribution < 1.29 is 14.2 Å². The standard InChI is InChI=1S/C19H31N3O3S/c1-6-20-19(22-14-7-8-15(11-14)26-5)21-12-13-9-16(23-2)18(25-4)17(10-13)24-3/h9-10,14-15H,6-8,11-12H2,1-5H3,(H2,20,21,22). The number of aliphatic imine (C=N–C) groups is 1. The summed E-state index contributed by atoms with van der Waals surface area (Å²) in [7, 11) is 4.85. The molecule has 0 aliphatic heterocycles. The van der Waals surface area contributed by atoms with Crippen molar-refractivity contribution in [3.8, 4) is 17.2 Å². The second kappa shape index (κ2) is 10.4. The van der Waals surface area contributed by atoms with Gasteiger partial charge in [-0.1, -0.05) is 0 Å². The van der Waals surface area contributed by atoms with Gasteiger partial charge in [-0.05, 0) is 50.1 Å². The molecular weight excluding hydrogens is 350 g/mol. The molecule has 146 valence electrons. The highest BCUT2D eigenvalue weighted by molar-refractivity contribution is 7.99. The van der Waals surface area contributed by atoms with Crippen molar-refractivity contribution in [2.75, 3.05) is 34.1 Å². The van der Waals surface area contributed by atoms with Gasteiger partial charge in [0.25, 0.3) is 0 Å². The minimum atomic E-state index is 0.491. The van der Waals surface area contributed by atoms with Crippen molar-refractivity contribution in [3.63, 3.8) is 0 Å². The van der Waals surface area contributed by atoms with Crippen LogP contribution in [0.2, 0.25) is 0 Å². The third-order valence-corrected chi connectivity index (χ3v) is 5.64. The van der Waals surface area contributed by atoms with Crippen LogP contribution in [0.4, 0.5) is 0 Å². The number of methoxy groups -OCH3 is 3. The number of ether oxygens (including phenoxy) is 3. The molecule has 0 spiro atoms. The third kappa shape index (κ3) is 5.37. The maximum absolute atomic E-state index is 5.42. The molecule has 0 saturated heterocycles. The van der Waals surface area contributed by atoms with Crippen molar-refractivity contribution in [2.24, 2.45) is 4.99 Å². The largest absolute Gasteiger partial charge is 0.493 e. The second-order valence-corrected chi connectivity index (χ2v) is 7.38. The molecular formula is C19H31N3O3S. The minimum absolute atomic E-state index is 0.491. The van der Waals surface area contributed by atoms with E-state index in [0.29, 0.717) is 29.8 Å². The Bertz CT molecular complexity index is 585. The van der Waals surface area contributed by atoms with E-state index in [9.17, 15) is 0 Å². The van der Waals surface area contributed by atoms with Crippen LogP contribution in [0, 0.1) is 0 Å². The van der Waals surface area contributed by atoms with Gasteiger partial charge in [-0.15, -0.1) is 0 Å². The number of guanidine groups is 1. The van der Waals surface area contributed by atoms with Crippen LogP contribution in [0.1, 0.15) is 31.7 Å². The summed E-state index contributed by atoms with van der Waals surface area (Å²) in [6.07, 6.45) is 5.85. The van der Waals surface area contributed by atoms with Crippen LogP contribution >= 0.6 is 11.8 Å². The smallest absolute Gasteiger partial charge is 0.203 e. The Balaban J connectivity index is 2.11. The fourth-order valence-electron chi connectivity index (χ4n) is 3.20. The number of hydrogen-bond acceptors (Lipinski definition) is 5. The van der Waals surface area contributed by atoms with Gasteiger partial charge in [0.05, 0.1) is 27.9 Å². The molecule has 1 aromatic rings. The number of hydrogen-bond donors (Lipinski definition) is 2. The lowest BCUT2D eigenvalue weighted by molar-refractivity contribution is 0.324. The summed E-state index contributed by atoms with van der Waals surface area (Å²) in [4.78, 5) is 4.74. The molecule has 0 radical (unpaired) electrons. The minimum Gasteiger partial charge on any atom is -0.493 e. The number of thioether (sulfide) groups is 1. The van der Waals surface area contributed by atoms with E-state index in [0.717, 1.165) is 23.3 Å². The first-order chi connectivity index (χ1) is 12.6. The quantitative estimate of drug-likeness (QED) is 0.533. The van der Waals surface area contributed by atoms with Crippen molar-refractivity contribution >= 4 is 17.7 Å². The summed E-state index contributed by atoms with van der Waals surface area (Å²) in [5, 5.41) is 7.66. The Kier molecular flexibility index (Phi) is 8.22. The van der Waals surface area contributed by atoms with E-state index in [1.165, 1.54) is 19.3 Å². The van der Waals surface area contributed by atoms with Gasteiger partial charge in [0.1, 0.15) is 0 Å². The Labute approximate surface area is 161 Å². The van der Waals surface area contributed by atoms with E-state index < -0.39 is 0 Å². The molecule has 7 heteroatoms. The van der Waals surface area contributed by atoms with Gasteiger partial charge in [-0.2, -0.15) is 11.8 Å². The van der Waals surface area contributed by atoms with Crippen molar-refractivity contribution in [1.29, 1.82) is 0 Å². The summed E-state index contributed by atoms with van der Waals surface area (Å²) >= 11 is 1.96. The summed E-state index contributed by atoms with van der Waals surface area (Å²) in [5.74, 6) is 2.75. The van der Waals surface area contributed by atoms with Crippen molar-refractivity contribution in [1.82, 2.24) is 10.6 Å². The molecule has 1 aliphatic carbocycles. The molecule has 2 rings (SSSR count). The fraction of sp³-hybridized carbons (Fsp3) is 0.632. The third-order valence-electron chi connectivity index (χ3n) is 4.55. The second-order valence-electron chi connectivity index (χ2n) is 6.24. The first kappa shape index (κ1) is 20.6. The molecule has 0 bridgehead atoms. The van der Waals surface area contributed by atoms with Gasteiger partial charge in [-0.25, -0.2) is 4.99 Å². The lowest BCUT2D eigenvalue weighted by atomic mass is 10.2. The predicted molar refractivity (Wildman–Crippen MR) is 109 cm³/mol. The summed E-state index contributed by atoms with van der Waals surface area (Å²) < 4.78 is 16.2. The van der Waals surface area contributed by atoms with E-state index >= 15 is 0 Å². The molecule has 2 atom stereocenters.